The average molecular weight is 229 g/mol. The average Bonchev–Trinajstić information content (AvgIpc) is 1.98. The molecule has 3 heteroatoms. The van der Waals surface area contributed by atoms with E-state index in [-0.39, 0.29) is 11.5 Å². The lowest BCUT2D eigenvalue weighted by Gasteiger charge is -2.02. The summed E-state index contributed by atoms with van der Waals surface area (Å²) < 4.78 is 0.611. The molecule has 0 aromatic heterocycles. The topological polar surface area (TPSA) is 37.3 Å². The molecule has 1 rings (SSSR count). The molecule has 1 aromatic carbocycles. The SMILES string of the molecule is CC(=O)Cc1cccc(O)c1Br. The van der Waals surface area contributed by atoms with Crippen molar-refractivity contribution in [3.05, 3.63) is 28.2 Å². The van der Waals surface area contributed by atoms with Crippen molar-refractivity contribution in [1.82, 2.24) is 0 Å². The number of phenols is 1. The molecule has 0 spiro atoms. The van der Waals surface area contributed by atoms with Crippen LogP contribution in [0.25, 0.3) is 0 Å². The maximum Gasteiger partial charge on any atom is 0.134 e. The molecular formula is C9H9BrO2. The van der Waals surface area contributed by atoms with Crippen molar-refractivity contribution in [3.8, 4) is 5.75 Å². The summed E-state index contributed by atoms with van der Waals surface area (Å²) in [5, 5.41) is 9.25. The van der Waals surface area contributed by atoms with Crippen LogP contribution in [-0.4, -0.2) is 10.9 Å². The predicted octanol–water partition coefficient (Wildman–Crippen LogP) is 2.29. The first-order chi connectivity index (χ1) is 5.61. The Balaban J connectivity index is 3.00. The van der Waals surface area contributed by atoms with Gasteiger partial charge >= 0.3 is 0 Å². The minimum absolute atomic E-state index is 0.0845. The van der Waals surface area contributed by atoms with Gasteiger partial charge in [-0.25, -0.2) is 0 Å². The van der Waals surface area contributed by atoms with Crippen LogP contribution in [0.3, 0.4) is 0 Å². The Hall–Kier alpha value is -0.830. The minimum atomic E-state index is 0.0845. The van der Waals surface area contributed by atoms with Gasteiger partial charge in [0.2, 0.25) is 0 Å². The third-order valence-electron chi connectivity index (χ3n) is 1.50. The summed E-state index contributed by atoms with van der Waals surface area (Å²) in [6.07, 6.45) is 0.356. The van der Waals surface area contributed by atoms with Gasteiger partial charge in [0.1, 0.15) is 11.5 Å². The zero-order chi connectivity index (χ0) is 9.14. The van der Waals surface area contributed by atoms with Crippen molar-refractivity contribution in [2.45, 2.75) is 13.3 Å². The quantitative estimate of drug-likeness (QED) is 0.844. The standard InChI is InChI=1S/C9H9BrO2/c1-6(11)5-7-3-2-4-8(12)9(7)10/h2-4,12H,5H2,1H3. The molecule has 0 aliphatic rings. The second-order valence-electron chi connectivity index (χ2n) is 2.63. The first kappa shape index (κ1) is 9.26. The van der Waals surface area contributed by atoms with E-state index < -0.39 is 0 Å². The third kappa shape index (κ3) is 2.08. The normalized spacial score (nSPS) is 9.83. The van der Waals surface area contributed by atoms with Crippen molar-refractivity contribution in [1.29, 1.82) is 0 Å². The summed E-state index contributed by atoms with van der Waals surface area (Å²) in [6, 6.07) is 5.11. The number of benzene rings is 1. The van der Waals surface area contributed by atoms with Crippen LogP contribution in [0.15, 0.2) is 22.7 Å². The second-order valence-corrected chi connectivity index (χ2v) is 3.42. The molecule has 0 saturated heterocycles. The summed E-state index contributed by atoms with van der Waals surface area (Å²) in [5.74, 6) is 0.259. The molecule has 0 fully saturated rings. The van der Waals surface area contributed by atoms with E-state index >= 15 is 0 Å². The molecule has 0 atom stereocenters. The lowest BCUT2D eigenvalue weighted by atomic mass is 10.1. The largest absolute Gasteiger partial charge is 0.507 e. The molecule has 64 valence electrons. The molecule has 0 bridgehead atoms. The first-order valence-corrected chi connectivity index (χ1v) is 4.36. The van der Waals surface area contributed by atoms with Crippen LogP contribution in [0.2, 0.25) is 0 Å². The molecule has 0 heterocycles. The number of carbonyl (C=O) groups excluding carboxylic acids is 1. The Bertz CT molecular complexity index is 307. The summed E-state index contributed by atoms with van der Waals surface area (Å²) in [7, 11) is 0. The van der Waals surface area contributed by atoms with E-state index in [1.165, 1.54) is 6.92 Å². The molecule has 0 amide bonds. The zero-order valence-corrected chi connectivity index (χ0v) is 8.26. The van der Waals surface area contributed by atoms with Crippen LogP contribution in [0.4, 0.5) is 0 Å². The van der Waals surface area contributed by atoms with Gasteiger partial charge in [0.05, 0.1) is 4.47 Å². The van der Waals surface area contributed by atoms with E-state index in [9.17, 15) is 9.90 Å². The van der Waals surface area contributed by atoms with E-state index in [0.29, 0.717) is 10.9 Å². The zero-order valence-electron chi connectivity index (χ0n) is 6.67. The number of halogens is 1. The summed E-state index contributed by atoms with van der Waals surface area (Å²) in [4.78, 5) is 10.8. The van der Waals surface area contributed by atoms with Crippen molar-refractivity contribution >= 4 is 21.7 Å². The fraction of sp³-hybridized carbons (Fsp3) is 0.222. The monoisotopic (exact) mass is 228 g/mol. The Labute approximate surface area is 79.3 Å². The molecule has 0 saturated carbocycles. The van der Waals surface area contributed by atoms with Crippen LogP contribution < -0.4 is 0 Å². The lowest BCUT2D eigenvalue weighted by molar-refractivity contribution is -0.116. The van der Waals surface area contributed by atoms with E-state index in [0.717, 1.165) is 5.56 Å². The number of hydrogen-bond donors (Lipinski definition) is 1. The molecule has 1 aromatic rings. The van der Waals surface area contributed by atoms with Gasteiger partial charge in [0.25, 0.3) is 0 Å². The molecule has 0 aliphatic heterocycles. The van der Waals surface area contributed by atoms with Crippen molar-refractivity contribution in [2.24, 2.45) is 0 Å². The Morgan fingerprint density at radius 2 is 2.25 bits per heavy atom. The fourth-order valence-corrected chi connectivity index (χ4v) is 1.38. The highest BCUT2D eigenvalue weighted by Gasteiger charge is 2.05. The highest BCUT2D eigenvalue weighted by Crippen LogP contribution is 2.27. The summed E-state index contributed by atoms with van der Waals surface area (Å²) >= 11 is 3.21. The van der Waals surface area contributed by atoms with E-state index in [1.807, 2.05) is 6.07 Å². The molecular weight excluding hydrogens is 220 g/mol. The van der Waals surface area contributed by atoms with Gasteiger partial charge in [0, 0.05) is 6.42 Å². The summed E-state index contributed by atoms with van der Waals surface area (Å²) in [6.45, 7) is 1.52. The van der Waals surface area contributed by atoms with E-state index in [4.69, 9.17) is 0 Å². The van der Waals surface area contributed by atoms with Gasteiger partial charge in [-0.3, -0.25) is 4.79 Å². The molecule has 1 N–H and O–H groups in total. The van der Waals surface area contributed by atoms with Gasteiger partial charge in [-0.1, -0.05) is 12.1 Å². The number of hydrogen-bond acceptors (Lipinski definition) is 2. The van der Waals surface area contributed by atoms with Crippen LogP contribution in [0.1, 0.15) is 12.5 Å². The highest BCUT2D eigenvalue weighted by atomic mass is 79.9. The van der Waals surface area contributed by atoms with Crippen LogP contribution in [0, 0.1) is 0 Å². The third-order valence-corrected chi connectivity index (χ3v) is 2.41. The number of carbonyl (C=O) groups is 1. The van der Waals surface area contributed by atoms with Crippen LogP contribution >= 0.6 is 15.9 Å². The van der Waals surface area contributed by atoms with Crippen molar-refractivity contribution in [2.75, 3.05) is 0 Å². The van der Waals surface area contributed by atoms with Gasteiger partial charge in [0.15, 0.2) is 0 Å². The molecule has 0 aliphatic carbocycles. The van der Waals surface area contributed by atoms with E-state index in [1.54, 1.807) is 12.1 Å². The number of Topliss-reactive ketones (excluding diaryl/α,β-unsaturated/α-hetero) is 1. The Kier molecular flexibility index (Phi) is 2.87. The predicted molar refractivity (Wildman–Crippen MR) is 50.2 cm³/mol. The van der Waals surface area contributed by atoms with E-state index in [2.05, 4.69) is 15.9 Å². The molecule has 12 heavy (non-hydrogen) atoms. The fourth-order valence-electron chi connectivity index (χ4n) is 0.971. The van der Waals surface area contributed by atoms with Crippen LogP contribution in [-0.2, 0) is 11.2 Å². The maximum atomic E-state index is 10.8. The first-order valence-electron chi connectivity index (χ1n) is 3.57. The molecule has 0 radical (unpaired) electrons. The maximum absolute atomic E-state index is 10.8. The number of rotatable bonds is 2. The number of aromatic hydroxyl groups is 1. The lowest BCUT2D eigenvalue weighted by Crippen LogP contribution is -1.96. The second kappa shape index (κ2) is 3.72. The van der Waals surface area contributed by atoms with Gasteiger partial charge in [-0.2, -0.15) is 0 Å². The van der Waals surface area contributed by atoms with Gasteiger partial charge in [-0.15, -0.1) is 0 Å². The molecule has 0 unspecified atom stereocenters. The Morgan fingerprint density at radius 1 is 1.58 bits per heavy atom. The number of phenolic OH excluding ortho intramolecular Hbond substituents is 1. The summed E-state index contributed by atoms with van der Waals surface area (Å²) in [5.41, 5.74) is 0.822. The minimum Gasteiger partial charge on any atom is -0.507 e. The highest BCUT2D eigenvalue weighted by molar-refractivity contribution is 9.10. The Morgan fingerprint density at radius 3 is 2.83 bits per heavy atom. The van der Waals surface area contributed by atoms with Crippen molar-refractivity contribution < 1.29 is 9.90 Å². The smallest absolute Gasteiger partial charge is 0.134 e. The van der Waals surface area contributed by atoms with Gasteiger partial charge < -0.3 is 5.11 Å². The number of ketones is 1. The van der Waals surface area contributed by atoms with Gasteiger partial charge in [-0.05, 0) is 34.5 Å². The van der Waals surface area contributed by atoms with Crippen molar-refractivity contribution in [3.63, 3.8) is 0 Å². The molecule has 2 nitrogen and oxygen atoms in total. The van der Waals surface area contributed by atoms with Crippen LogP contribution in [0.5, 0.6) is 5.75 Å².